The van der Waals surface area contributed by atoms with Gasteiger partial charge in [0.25, 0.3) is 0 Å². The molecular formula is C27H25F3O6. The molecule has 2 rings (SSSR count). The van der Waals surface area contributed by atoms with Gasteiger partial charge in [-0.15, -0.1) is 0 Å². The number of alkyl halides is 3. The van der Waals surface area contributed by atoms with Gasteiger partial charge in [0, 0.05) is 12.2 Å². The third-order valence-corrected chi connectivity index (χ3v) is 4.84. The first kappa shape index (κ1) is 28.0. The standard InChI is InChI=1S/C27H25F3O6/c1-7-25(31)35-18(5)16(3)33-22-12-9-20(10-13-22)21-11-14-24(23(15-21)27(28,29)30)34-17(4)19(6)36-26(32)8-2/h7-15H,1-2H2,3-6H3. The molecule has 0 heterocycles. The lowest BCUT2D eigenvalue weighted by molar-refractivity contribution is -0.139. The molecule has 9 heteroatoms. The van der Waals surface area contributed by atoms with E-state index in [1.807, 2.05) is 0 Å². The predicted octanol–water partition coefficient (Wildman–Crippen LogP) is 7.09. The molecule has 0 aliphatic carbocycles. The smallest absolute Gasteiger partial charge is 0.420 e. The second-order valence-corrected chi connectivity index (χ2v) is 7.41. The van der Waals surface area contributed by atoms with Crippen molar-refractivity contribution in [3.8, 4) is 22.6 Å². The highest BCUT2D eigenvalue weighted by Gasteiger charge is 2.35. The van der Waals surface area contributed by atoms with Gasteiger partial charge in [-0.25, -0.2) is 9.59 Å². The SMILES string of the molecule is C=CC(=O)OC(C)=C(C)Oc1ccc(-c2ccc(OC(C)=C(C)OC(=O)C=C)c(C(F)(F)F)c2)cc1. The molecule has 0 aliphatic heterocycles. The van der Waals surface area contributed by atoms with Gasteiger partial charge in [0.2, 0.25) is 0 Å². The highest BCUT2D eigenvalue weighted by atomic mass is 19.4. The molecule has 0 unspecified atom stereocenters. The minimum Gasteiger partial charge on any atom is -0.459 e. The molecule has 0 radical (unpaired) electrons. The number of ether oxygens (including phenoxy) is 4. The zero-order valence-corrected chi connectivity index (χ0v) is 20.2. The molecule has 6 nitrogen and oxygen atoms in total. The Morgan fingerprint density at radius 3 is 1.67 bits per heavy atom. The average Bonchev–Trinajstić information content (AvgIpc) is 2.83. The van der Waals surface area contributed by atoms with Crippen molar-refractivity contribution < 1.29 is 41.7 Å². The largest absolute Gasteiger partial charge is 0.459 e. The van der Waals surface area contributed by atoms with E-state index in [0.717, 1.165) is 18.2 Å². The van der Waals surface area contributed by atoms with E-state index in [4.69, 9.17) is 18.9 Å². The van der Waals surface area contributed by atoms with E-state index in [2.05, 4.69) is 13.2 Å². The normalized spacial score (nSPS) is 12.5. The third-order valence-electron chi connectivity index (χ3n) is 4.84. The molecule has 0 bridgehead atoms. The van der Waals surface area contributed by atoms with Crippen molar-refractivity contribution in [3.63, 3.8) is 0 Å². The summed E-state index contributed by atoms with van der Waals surface area (Å²) in [5, 5.41) is 0. The molecule has 0 saturated carbocycles. The van der Waals surface area contributed by atoms with Crippen LogP contribution in [0.25, 0.3) is 11.1 Å². The van der Waals surface area contributed by atoms with Crippen LogP contribution in [0.5, 0.6) is 11.5 Å². The summed E-state index contributed by atoms with van der Waals surface area (Å²) in [5.74, 6) is -0.863. The third kappa shape index (κ3) is 7.63. The number of allylic oxidation sites excluding steroid dienone is 4. The summed E-state index contributed by atoms with van der Waals surface area (Å²) in [6.45, 7) is 12.5. The fraction of sp³-hybridized carbons (Fsp3) is 0.185. The van der Waals surface area contributed by atoms with Gasteiger partial charge in [-0.1, -0.05) is 31.4 Å². The van der Waals surface area contributed by atoms with Crippen LogP contribution >= 0.6 is 0 Å². The van der Waals surface area contributed by atoms with Crippen LogP contribution in [0.4, 0.5) is 13.2 Å². The maximum Gasteiger partial charge on any atom is 0.420 e. The fourth-order valence-corrected chi connectivity index (χ4v) is 2.75. The average molecular weight is 502 g/mol. The minimum atomic E-state index is -4.71. The van der Waals surface area contributed by atoms with Crippen LogP contribution in [0.3, 0.4) is 0 Å². The maximum absolute atomic E-state index is 13.8. The van der Waals surface area contributed by atoms with Crippen LogP contribution in [0.1, 0.15) is 33.3 Å². The van der Waals surface area contributed by atoms with Crippen LogP contribution in [0, 0.1) is 0 Å². The Kier molecular flexibility index (Phi) is 9.26. The lowest BCUT2D eigenvalue weighted by atomic mass is 10.0. The number of hydrogen-bond acceptors (Lipinski definition) is 6. The Morgan fingerprint density at radius 2 is 1.19 bits per heavy atom. The number of rotatable bonds is 9. The monoisotopic (exact) mass is 502 g/mol. The Morgan fingerprint density at radius 1 is 0.722 bits per heavy atom. The molecule has 0 atom stereocenters. The first-order chi connectivity index (χ1) is 16.8. The fourth-order valence-electron chi connectivity index (χ4n) is 2.75. The van der Waals surface area contributed by atoms with Crippen molar-refractivity contribution in [3.05, 3.63) is 96.4 Å². The number of halogens is 3. The van der Waals surface area contributed by atoms with Crippen molar-refractivity contribution in [2.45, 2.75) is 33.9 Å². The molecule has 2 aromatic rings. The molecule has 0 saturated heterocycles. The summed E-state index contributed by atoms with van der Waals surface area (Å²) in [4.78, 5) is 22.6. The van der Waals surface area contributed by atoms with Crippen molar-refractivity contribution in [1.29, 1.82) is 0 Å². The lowest BCUT2D eigenvalue weighted by Gasteiger charge is -2.17. The molecular weight excluding hydrogens is 477 g/mol. The molecule has 36 heavy (non-hydrogen) atoms. The summed E-state index contributed by atoms with van der Waals surface area (Å²) >= 11 is 0. The second kappa shape index (κ2) is 11.9. The summed E-state index contributed by atoms with van der Waals surface area (Å²) in [5.41, 5.74) is -0.207. The van der Waals surface area contributed by atoms with Crippen molar-refractivity contribution >= 4 is 11.9 Å². The summed E-state index contributed by atoms with van der Waals surface area (Å²) < 4.78 is 62.3. The van der Waals surface area contributed by atoms with Gasteiger partial charge in [0.1, 0.15) is 34.5 Å². The molecule has 0 N–H and O–H groups in total. The summed E-state index contributed by atoms with van der Waals surface area (Å²) in [6.07, 6.45) is -2.75. The number of carbonyl (C=O) groups is 2. The second-order valence-electron chi connectivity index (χ2n) is 7.41. The topological polar surface area (TPSA) is 71.1 Å². The predicted molar refractivity (Wildman–Crippen MR) is 127 cm³/mol. The highest BCUT2D eigenvalue weighted by molar-refractivity contribution is 5.82. The van der Waals surface area contributed by atoms with Crippen molar-refractivity contribution in [2.24, 2.45) is 0 Å². The van der Waals surface area contributed by atoms with Crippen LogP contribution in [-0.4, -0.2) is 11.9 Å². The zero-order valence-electron chi connectivity index (χ0n) is 20.2. The highest BCUT2D eigenvalue weighted by Crippen LogP contribution is 2.40. The van der Waals surface area contributed by atoms with E-state index in [1.54, 1.807) is 38.1 Å². The van der Waals surface area contributed by atoms with Gasteiger partial charge < -0.3 is 18.9 Å². The van der Waals surface area contributed by atoms with Gasteiger partial charge in [-0.3, -0.25) is 0 Å². The molecule has 0 fully saturated rings. The minimum absolute atomic E-state index is 0.00604. The van der Waals surface area contributed by atoms with Crippen molar-refractivity contribution in [2.75, 3.05) is 0 Å². The van der Waals surface area contributed by atoms with E-state index in [-0.39, 0.29) is 17.3 Å². The zero-order chi connectivity index (χ0) is 27.0. The van der Waals surface area contributed by atoms with E-state index in [9.17, 15) is 22.8 Å². The Hall–Kier alpha value is -4.27. The van der Waals surface area contributed by atoms with Crippen LogP contribution in [-0.2, 0) is 25.2 Å². The maximum atomic E-state index is 13.8. The lowest BCUT2D eigenvalue weighted by Crippen LogP contribution is -2.10. The quantitative estimate of drug-likeness (QED) is 0.207. The molecule has 190 valence electrons. The van der Waals surface area contributed by atoms with Crippen molar-refractivity contribution in [1.82, 2.24) is 0 Å². The van der Waals surface area contributed by atoms with Gasteiger partial charge in [-0.05, 0) is 63.1 Å². The summed E-state index contributed by atoms with van der Waals surface area (Å²) in [6, 6.07) is 9.96. The molecule has 0 aromatic heterocycles. The molecule has 0 spiro atoms. The summed E-state index contributed by atoms with van der Waals surface area (Å²) in [7, 11) is 0. The first-order valence-electron chi connectivity index (χ1n) is 10.6. The Labute approximate surface area is 206 Å². The van der Waals surface area contributed by atoms with Crippen LogP contribution < -0.4 is 9.47 Å². The number of carbonyl (C=O) groups excluding carboxylic acids is 2. The van der Waals surface area contributed by atoms with Gasteiger partial charge in [-0.2, -0.15) is 13.2 Å². The Bertz CT molecular complexity index is 1220. The van der Waals surface area contributed by atoms with Crippen LogP contribution in [0.2, 0.25) is 0 Å². The van der Waals surface area contributed by atoms with E-state index < -0.39 is 29.4 Å². The van der Waals surface area contributed by atoms with E-state index >= 15 is 0 Å². The van der Waals surface area contributed by atoms with Crippen LogP contribution in [0.15, 0.2) is 90.8 Å². The molecule has 2 aromatic carbocycles. The van der Waals surface area contributed by atoms with E-state index in [1.165, 1.54) is 26.0 Å². The Balaban J connectivity index is 2.31. The molecule has 0 amide bonds. The number of esters is 2. The number of benzene rings is 2. The van der Waals surface area contributed by atoms with Gasteiger partial charge in [0.05, 0.1) is 5.56 Å². The van der Waals surface area contributed by atoms with E-state index in [0.29, 0.717) is 22.6 Å². The molecule has 0 aliphatic rings. The number of hydrogen-bond donors (Lipinski definition) is 0. The van der Waals surface area contributed by atoms with Gasteiger partial charge in [0.15, 0.2) is 0 Å². The van der Waals surface area contributed by atoms with Gasteiger partial charge >= 0.3 is 18.1 Å². The first-order valence-corrected chi connectivity index (χ1v) is 10.6.